The second-order valence-electron chi connectivity index (χ2n) is 4.47. The molecule has 7 heteroatoms. The fourth-order valence-corrected chi connectivity index (χ4v) is 3.24. The van der Waals surface area contributed by atoms with E-state index in [-0.39, 0.29) is 6.54 Å². The molecule has 0 aliphatic heterocycles. The summed E-state index contributed by atoms with van der Waals surface area (Å²) in [4.78, 5) is 1.11. The van der Waals surface area contributed by atoms with Crippen molar-refractivity contribution < 1.29 is 18.3 Å². The molecule has 2 nitrogen and oxygen atoms in total. The van der Waals surface area contributed by atoms with Crippen LogP contribution in [0.1, 0.15) is 22.1 Å². The monoisotopic (exact) mass is 379 g/mol. The van der Waals surface area contributed by atoms with Crippen LogP contribution in [0.4, 0.5) is 13.2 Å². The number of rotatable bonds is 5. The first kappa shape index (κ1) is 16.5. The first-order valence-electron chi connectivity index (χ1n) is 6.16. The fraction of sp³-hybridized carbons (Fsp3) is 0.286. The number of nitrogens with one attached hydrogen (secondary N) is 1. The standard InChI is InChI=1S/C14H13BrF3NOS/c15-13-6-5-11(21-13)7-19-8-12(20)9-1-3-10(4-2-9)14(16,17)18/h1-6,12,19-20H,7-8H2. The molecular formula is C14H13BrF3NOS. The molecule has 0 saturated carbocycles. The molecule has 0 saturated heterocycles. The van der Waals surface area contributed by atoms with Crippen molar-refractivity contribution in [2.75, 3.05) is 6.54 Å². The Kier molecular flexibility index (Phi) is 5.43. The normalized spacial score (nSPS) is 13.4. The van der Waals surface area contributed by atoms with Crippen molar-refractivity contribution in [3.05, 3.63) is 56.2 Å². The molecule has 21 heavy (non-hydrogen) atoms. The molecule has 1 heterocycles. The van der Waals surface area contributed by atoms with Gasteiger partial charge in [-0.05, 0) is 45.8 Å². The van der Waals surface area contributed by atoms with Crippen LogP contribution in [0.2, 0.25) is 0 Å². The molecule has 0 aliphatic rings. The van der Waals surface area contributed by atoms with Crippen LogP contribution in [0.3, 0.4) is 0 Å². The van der Waals surface area contributed by atoms with E-state index in [9.17, 15) is 18.3 Å². The lowest BCUT2D eigenvalue weighted by atomic mass is 10.1. The number of hydrogen-bond donors (Lipinski definition) is 2. The second kappa shape index (κ2) is 6.91. The van der Waals surface area contributed by atoms with Crippen molar-refractivity contribution in [1.82, 2.24) is 5.32 Å². The van der Waals surface area contributed by atoms with E-state index in [2.05, 4.69) is 21.2 Å². The Morgan fingerprint density at radius 3 is 2.33 bits per heavy atom. The van der Waals surface area contributed by atoms with Crippen LogP contribution in [0, 0.1) is 0 Å². The topological polar surface area (TPSA) is 32.3 Å². The van der Waals surface area contributed by atoms with Crippen molar-refractivity contribution in [2.24, 2.45) is 0 Å². The number of benzene rings is 1. The van der Waals surface area contributed by atoms with Crippen molar-refractivity contribution in [2.45, 2.75) is 18.8 Å². The molecule has 0 spiro atoms. The molecule has 1 unspecified atom stereocenters. The summed E-state index contributed by atoms with van der Waals surface area (Å²) in [5.74, 6) is 0. The molecule has 0 aliphatic carbocycles. The molecular weight excluding hydrogens is 367 g/mol. The van der Waals surface area contributed by atoms with E-state index in [1.54, 1.807) is 11.3 Å². The van der Waals surface area contributed by atoms with Gasteiger partial charge in [0.25, 0.3) is 0 Å². The lowest BCUT2D eigenvalue weighted by molar-refractivity contribution is -0.137. The molecule has 2 aromatic rings. The van der Waals surface area contributed by atoms with Crippen molar-refractivity contribution in [1.29, 1.82) is 0 Å². The van der Waals surface area contributed by atoms with Crippen molar-refractivity contribution >= 4 is 27.3 Å². The van der Waals surface area contributed by atoms with Crippen molar-refractivity contribution in [3.8, 4) is 0 Å². The zero-order chi connectivity index (χ0) is 15.5. The third-order valence-corrected chi connectivity index (χ3v) is 4.51. The summed E-state index contributed by atoms with van der Waals surface area (Å²) in [6.07, 6.45) is -5.19. The molecule has 1 aromatic heterocycles. The summed E-state index contributed by atoms with van der Waals surface area (Å²) >= 11 is 4.95. The summed E-state index contributed by atoms with van der Waals surface area (Å²) in [6.45, 7) is 0.884. The zero-order valence-corrected chi connectivity index (χ0v) is 13.2. The van der Waals surface area contributed by atoms with Gasteiger partial charge < -0.3 is 10.4 Å². The molecule has 114 valence electrons. The summed E-state index contributed by atoms with van der Waals surface area (Å²) < 4.78 is 38.3. The predicted molar refractivity (Wildman–Crippen MR) is 80.1 cm³/mol. The summed E-state index contributed by atoms with van der Waals surface area (Å²) in [6, 6.07) is 8.47. The number of aliphatic hydroxyl groups excluding tert-OH is 1. The highest BCUT2D eigenvalue weighted by Crippen LogP contribution is 2.29. The Morgan fingerprint density at radius 2 is 1.81 bits per heavy atom. The van der Waals surface area contributed by atoms with Gasteiger partial charge in [-0.3, -0.25) is 0 Å². The number of halogens is 4. The maximum Gasteiger partial charge on any atom is 0.416 e. The minimum Gasteiger partial charge on any atom is -0.387 e. The van der Waals surface area contributed by atoms with Crippen LogP contribution in [-0.2, 0) is 12.7 Å². The molecule has 0 radical (unpaired) electrons. The molecule has 2 N–H and O–H groups in total. The number of alkyl halides is 3. The highest BCUT2D eigenvalue weighted by atomic mass is 79.9. The van der Waals surface area contributed by atoms with Crippen LogP contribution in [-0.4, -0.2) is 11.7 Å². The largest absolute Gasteiger partial charge is 0.416 e. The highest BCUT2D eigenvalue weighted by Gasteiger charge is 2.30. The number of aliphatic hydroxyl groups is 1. The maximum atomic E-state index is 12.4. The number of thiophene rings is 1. The van der Waals surface area contributed by atoms with E-state index < -0.39 is 17.8 Å². The van der Waals surface area contributed by atoms with Gasteiger partial charge in [0.2, 0.25) is 0 Å². The molecule has 0 bridgehead atoms. The summed E-state index contributed by atoms with van der Waals surface area (Å²) in [5, 5.41) is 13.0. The SMILES string of the molecule is OC(CNCc1ccc(Br)s1)c1ccc(C(F)(F)F)cc1. The van der Waals surface area contributed by atoms with E-state index >= 15 is 0 Å². The van der Waals surface area contributed by atoms with Gasteiger partial charge in [-0.1, -0.05) is 12.1 Å². The molecule has 1 aromatic carbocycles. The van der Waals surface area contributed by atoms with Gasteiger partial charge in [-0.15, -0.1) is 11.3 Å². The Labute approximate surface area is 132 Å². The molecule has 0 amide bonds. The molecule has 0 fully saturated rings. The Balaban J connectivity index is 1.87. The van der Waals surface area contributed by atoms with Gasteiger partial charge in [0.05, 0.1) is 15.5 Å². The molecule has 2 rings (SSSR count). The third-order valence-electron chi connectivity index (χ3n) is 2.89. The number of hydrogen-bond acceptors (Lipinski definition) is 3. The van der Waals surface area contributed by atoms with E-state index in [0.717, 1.165) is 20.8 Å². The quantitative estimate of drug-likeness (QED) is 0.808. The summed E-state index contributed by atoms with van der Waals surface area (Å²) in [5.41, 5.74) is -0.252. The van der Waals surface area contributed by atoms with Gasteiger partial charge in [0.15, 0.2) is 0 Å². The highest BCUT2D eigenvalue weighted by molar-refractivity contribution is 9.11. The lowest BCUT2D eigenvalue weighted by Crippen LogP contribution is -2.20. The first-order chi connectivity index (χ1) is 9.86. The average molecular weight is 380 g/mol. The predicted octanol–water partition coefficient (Wildman–Crippen LogP) is 4.35. The fourth-order valence-electron chi connectivity index (χ4n) is 1.79. The van der Waals surface area contributed by atoms with Gasteiger partial charge in [0.1, 0.15) is 0 Å². The van der Waals surface area contributed by atoms with E-state index in [1.165, 1.54) is 12.1 Å². The van der Waals surface area contributed by atoms with Gasteiger partial charge in [0, 0.05) is 18.0 Å². The third kappa shape index (κ3) is 4.81. The minimum atomic E-state index is -4.35. The van der Waals surface area contributed by atoms with Crippen LogP contribution in [0.15, 0.2) is 40.2 Å². The van der Waals surface area contributed by atoms with Gasteiger partial charge >= 0.3 is 6.18 Å². The van der Waals surface area contributed by atoms with Gasteiger partial charge in [-0.25, -0.2) is 0 Å². The van der Waals surface area contributed by atoms with Crippen LogP contribution in [0.5, 0.6) is 0 Å². The van der Waals surface area contributed by atoms with Crippen LogP contribution < -0.4 is 5.32 Å². The zero-order valence-electron chi connectivity index (χ0n) is 10.8. The van der Waals surface area contributed by atoms with E-state index in [1.807, 2.05) is 12.1 Å². The van der Waals surface area contributed by atoms with Gasteiger partial charge in [-0.2, -0.15) is 13.2 Å². The smallest absolute Gasteiger partial charge is 0.387 e. The lowest BCUT2D eigenvalue weighted by Gasteiger charge is -2.13. The van der Waals surface area contributed by atoms with E-state index in [4.69, 9.17) is 0 Å². The summed E-state index contributed by atoms with van der Waals surface area (Å²) in [7, 11) is 0. The average Bonchev–Trinajstić information content (AvgIpc) is 2.83. The Hall–Kier alpha value is -0.890. The van der Waals surface area contributed by atoms with E-state index in [0.29, 0.717) is 12.1 Å². The minimum absolute atomic E-state index is 0.279. The molecule has 1 atom stereocenters. The second-order valence-corrected chi connectivity index (χ2v) is 7.02. The Bertz CT molecular complexity index is 583. The Morgan fingerprint density at radius 1 is 1.14 bits per heavy atom. The van der Waals surface area contributed by atoms with Crippen LogP contribution >= 0.6 is 27.3 Å². The first-order valence-corrected chi connectivity index (χ1v) is 7.77. The van der Waals surface area contributed by atoms with Crippen LogP contribution in [0.25, 0.3) is 0 Å². The van der Waals surface area contributed by atoms with Crippen molar-refractivity contribution in [3.63, 3.8) is 0 Å². The maximum absolute atomic E-state index is 12.4.